The van der Waals surface area contributed by atoms with Gasteiger partial charge in [0.1, 0.15) is 0 Å². The van der Waals surface area contributed by atoms with E-state index in [-0.39, 0.29) is 17.5 Å². The first-order valence-corrected chi connectivity index (χ1v) is 8.00. The van der Waals surface area contributed by atoms with Gasteiger partial charge in [-0.15, -0.1) is 0 Å². The zero-order valence-corrected chi connectivity index (χ0v) is 12.2. The largest absolute Gasteiger partial charge is 0.395 e. The maximum Gasteiger partial charge on any atom is 0.240 e. The predicted octanol–water partition coefficient (Wildman–Crippen LogP) is -0.478. The van der Waals surface area contributed by atoms with Crippen molar-refractivity contribution in [1.82, 2.24) is 9.62 Å². The molecule has 0 spiro atoms. The molecule has 2 rings (SSSR count). The fraction of sp³-hybridized carbons (Fsp3) is 0.538. The number of β-amino-alcohol motifs (C(OH)–C–C–N with tert-alkyl or cyclic N) is 1. The van der Waals surface area contributed by atoms with Crippen LogP contribution in [-0.4, -0.2) is 55.9 Å². The Labute approximate surface area is 119 Å². The lowest BCUT2D eigenvalue weighted by Gasteiger charge is -2.22. The number of rotatable bonds is 5. The summed E-state index contributed by atoms with van der Waals surface area (Å²) < 4.78 is 25.5. The zero-order valence-electron chi connectivity index (χ0n) is 11.4. The molecule has 0 bridgehead atoms. The average molecular weight is 300 g/mol. The first-order chi connectivity index (χ1) is 9.46. The van der Waals surface area contributed by atoms with Gasteiger partial charge in [-0.2, -0.15) is 0 Å². The van der Waals surface area contributed by atoms with Gasteiger partial charge in [0, 0.05) is 19.1 Å². The summed E-state index contributed by atoms with van der Waals surface area (Å²) in [6, 6.07) is 6.58. The molecule has 1 aliphatic heterocycles. The molecule has 6 nitrogen and oxygen atoms in total. The Kier molecular flexibility index (Phi) is 4.77. The van der Waals surface area contributed by atoms with E-state index < -0.39 is 16.1 Å². The average Bonchev–Trinajstić information content (AvgIpc) is 2.79. The van der Waals surface area contributed by atoms with Crippen LogP contribution < -0.4 is 4.72 Å². The Morgan fingerprint density at radius 1 is 1.35 bits per heavy atom. The van der Waals surface area contributed by atoms with Crippen molar-refractivity contribution in [3.05, 3.63) is 29.8 Å². The summed E-state index contributed by atoms with van der Waals surface area (Å²) in [6.45, 7) is 1.13. The highest BCUT2D eigenvalue weighted by Gasteiger charge is 2.30. The molecule has 1 aliphatic rings. The van der Waals surface area contributed by atoms with Crippen molar-refractivity contribution in [2.75, 3.05) is 20.2 Å². The second-order valence-electron chi connectivity index (χ2n) is 5.01. The first-order valence-electron chi connectivity index (χ1n) is 6.51. The predicted molar refractivity (Wildman–Crippen MR) is 74.6 cm³/mol. The van der Waals surface area contributed by atoms with Gasteiger partial charge >= 0.3 is 0 Å². The van der Waals surface area contributed by atoms with Crippen LogP contribution in [0.5, 0.6) is 0 Å². The van der Waals surface area contributed by atoms with Gasteiger partial charge in [0.25, 0.3) is 0 Å². The van der Waals surface area contributed by atoms with Gasteiger partial charge in [-0.3, -0.25) is 4.90 Å². The number of nitrogens with zero attached hydrogens (tertiary/aromatic N) is 1. The highest BCUT2D eigenvalue weighted by molar-refractivity contribution is 7.89. The van der Waals surface area contributed by atoms with E-state index in [1.165, 1.54) is 7.05 Å². The highest BCUT2D eigenvalue weighted by Crippen LogP contribution is 2.21. The summed E-state index contributed by atoms with van der Waals surface area (Å²) in [6.07, 6.45) is 0.166. The van der Waals surface area contributed by atoms with E-state index in [2.05, 4.69) is 4.72 Å². The molecule has 1 heterocycles. The molecule has 7 heteroatoms. The summed E-state index contributed by atoms with van der Waals surface area (Å²) in [4.78, 5) is 2.23. The number of benzene rings is 1. The van der Waals surface area contributed by atoms with Gasteiger partial charge in [0.05, 0.1) is 17.6 Å². The minimum atomic E-state index is -3.41. The van der Waals surface area contributed by atoms with Gasteiger partial charge in [0.2, 0.25) is 10.0 Å². The van der Waals surface area contributed by atoms with Crippen LogP contribution in [0.4, 0.5) is 0 Å². The van der Waals surface area contributed by atoms with Crippen LogP contribution in [0.3, 0.4) is 0 Å². The van der Waals surface area contributed by atoms with Crippen LogP contribution in [0.1, 0.15) is 12.0 Å². The van der Waals surface area contributed by atoms with Gasteiger partial charge in [-0.05, 0) is 31.2 Å². The van der Waals surface area contributed by atoms with E-state index in [4.69, 9.17) is 0 Å². The van der Waals surface area contributed by atoms with Gasteiger partial charge in [-0.1, -0.05) is 12.1 Å². The Balaban J connectivity index is 2.08. The van der Waals surface area contributed by atoms with E-state index in [1.54, 1.807) is 24.3 Å². The number of nitrogens with one attached hydrogen (secondary N) is 1. The van der Waals surface area contributed by atoms with Gasteiger partial charge in [-0.25, -0.2) is 13.1 Å². The molecule has 1 aromatic rings. The maximum absolute atomic E-state index is 11.6. The smallest absolute Gasteiger partial charge is 0.240 e. The monoisotopic (exact) mass is 300 g/mol. The molecule has 2 atom stereocenters. The van der Waals surface area contributed by atoms with Crippen molar-refractivity contribution in [1.29, 1.82) is 0 Å². The Hall–Kier alpha value is -0.990. The van der Waals surface area contributed by atoms with Crippen molar-refractivity contribution in [3.8, 4) is 0 Å². The number of aliphatic hydroxyl groups is 2. The van der Waals surface area contributed by atoms with Crippen LogP contribution in [0.25, 0.3) is 0 Å². The molecule has 0 amide bonds. The van der Waals surface area contributed by atoms with Gasteiger partial charge in [0.15, 0.2) is 0 Å². The quantitative estimate of drug-likeness (QED) is 0.683. The van der Waals surface area contributed by atoms with Gasteiger partial charge < -0.3 is 10.2 Å². The number of aliphatic hydroxyl groups excluding tert-OH is 2. The highest BCUT2D eigenvalue weighted by atomic mass is 32.2. The molecule has 0 aromatic heterocycles. The summed E-state index contributed by atoms with van der Waals surface area (Å²) in [5.41, 5.74) is 0.951. The van der Waals surface area contributed by atoms with Crippen LogP contribution in [0, 0.1) is 0 Å². The SMILES string of the molecule is CNS(=O)(=O)c1ccc(CN2C[C@@H](O)C[C@H]2CO)cc1. The molecule has 20 heavy (non-hydrogen) atoms. The molecule has 1 aromatic carbocycles. The second kappa shape index (κ2) is 6.19. The van der Waals surface area contributed by atoms with Crippen molar-refractivity contribution in [3.63, 3.8) is 0 Å². The summed E-state index contributed by atoms with van der Waals surface area (Å²) in [7, 11) is -2.03. The van der Waals surface area contributed by atoms with Crippen LogP contribution >= 0.6 is 0 Å². The molecular formula is C13H20N2O4S. The summed E-state index contributed by atoms with van der Waals surface area (Å²) >= 11 is 0. The number of sulfonamides is 1. The third-order valence-corrected chi connectivity index (χ3v) is 5.03. The van der Waals surface area contributed by atoms with E-state index in [0.717, 1.165) is 5.56 Å². The first kappa shape index (κ1) is 15.4. The topological polar surface area (TPSA) is 89.9 Å². The molecule has 0 aliphatic carbocycles. The molecule has 1 fully saturated rings. The molecule has 3 N–H and O–H groups in total. The van der Waals surface area contributed by atoms with Crippen molar-refractivity contribution in [2.45, 2.75) is 30.0 Å². The fourth-order valence-electron chi connectivity index (χ4n) is 2.47. The normalized spacial score (nSPS) is 24.1. The molecule has 0 radical (unpaired) electrons. The molecule has 1 saturated heterocycles. The van der Waals surface area contributed by atoms with Crippen LogP contribution in [0.2, 0.25) is 0 Å². The number of hydrogen-bond acceptors (Lipinski definition) is 5. The van der Waals surface area contributed by atoms with Crippen molar-refractivity contribution >= 4 is 10.0 Å². The molecular weight excluding hydrogens is 280 g/mol. The summed E-state index contributed by atoms with van der Waals surface area (Å²) in [5.74, 6) is 0. The second-order valence-corrected chi connectivity index (χ2v) is 6.89. The Bertz CT molecular complexity index is 544. The van der Waals surface area contributed by atoms with Crippen LogP contribution in [0.15, 0.2) is 29.2 Å². The minimum Gasteiger partial charge on any atom is -0.395 e. The Morgan fingerprint density at radius 2 is 2.00 bits per heavy atom. The molecule has 112 valence electrons. The fourth-order valence-corrected chi connectivity index (χ4v) is 3.20. The molecule has 0 saturated carbocycles. The third-order valence-electron chi connectivity index (χ3n) is 3.60. The lowest BCUT2D eigenvalue weighted by Crippen LogP contribution is -2.31. The third kappa shape index (κ3) is 3.36. The summed E-state index contributed by atoms with van der Waals surface area (Å²) in [5, 5.41) is 18.9. The maximum atomic E-state index is 11.6. The Morgan fingerprint density at radius 3 is 2.55 bits per heavy atom. The number of likely N-dealkylation sites (tertiary alicyclic amines) is 1. The van der Waals surface area contributed by atoms with E-state index >= 15 is 0 Å². The van der Waals surface area contributed by atoms with Crippen molar-refractivity contribution in [2.24, 2.45) is 0 Å². The van der Waals surface area contributed by atoms with E-state index in [9.17, 15) is 18.6 Å². The minimum absolute atomic E-state index is 0.0171. The molecule has 0 unspecified atom stereocenters. The zero-order chi connectivity index (χ0) is 14.8. The lowest BCUT2D eigenvalue weighted by atomic mass is 10.2. The lowest BCUT2D eigenvalue weighted by molar-refractivity contribution is 0.150. The van der Waals surface area contributed by atoms with Crippen molar-refractivity contribution < 1.29 is 18.6 Å². The van der Waals surface area contributed by atoms with E-state index in [1.807, 2.05) is 4.90 Å². The standard InChI is InChI=1S/C13H20N2O4S/c1-14-20(18,19)13-4-2-10(3-5-13)7-15-8-12(17)6-11(15)9-16/h2-5,11-12,14,16-17H,6-9H2,1H3/t11-,12-/m0/s1. The number of hydrogen-bond donors (Lipinski definition) is 3. The van der Waals surface area contributed by atoms with Crippen LogP contribution in [-0.2, 0) is 16.6 Å². The van der Waals surface area contributed by atoms with E-state index in [0.29, 0.717) is 19.5 Å².